The Labute approximate surface area is 210 Å². The number of carbonyl (C=O) groups excluding carboxylic acids is 2. The lowest BCUT2D eigenvalue weighted by Gasteiger charge is -2.32. The average molecular weight is 483 g/mol. The number of ether oxygens (including phenoxy) is 1. The highest BCUT2D eigenvalue weighted by Gasteiger charge is 2.29. The molecule has 2 aromatic heterocycles. The lowest BCUT2D eigenvalue weighted by atomic mass is 9.95. The fourth-order valence-electron chi connectivity index (χ4n) is 4.80. The van der Waals surface area contributed by atoms with Crippen molar-refractivity contribution in [3.05, 3.63) is 77.1 Å². The lowest BCUT2D eigenvalue weighted by Crippen LogP contribution is -2.37. The number of rotatable bonds is 5. The summed E-state index contributed by atoms with van der Waals surface area (Å²) in [5.41, 5.74) is 5.31. The van der Waals surface area contributed by atoms with E-state index < -0.39 is 18.0 Å². The maximum absolute atomic E-state index is 13.6. The van der Waals surface area contributed by atoms with Gasteiger partial charge in [0.05, 0.1) is 22.3 Å². The second kappa shape index (κ2) is 9.66. The minimum absolute atomic E-state index is 0.344. The minimum Gasteiger partial charge on any atom is -0.449 e. The highest BCUT2D eigenvalue weighted by Crippen LogP contribution is 2.30. The molecule has 0 spiro atoms. The van der Waals surface area contributed by atoms with Crippen LogP contribution in [-0.4, -0.2) is 45.4 Å². The second-order valence-corrected chi connectivity index (χ2v) is 9.61. The largest absolute Gasteiger partial charge is 0.449 e. The van der Waals surface area contributed by atoms with Gasteiger partial charge >= 0.3 is 5.97 Å². The zero-order valence-electron chi connectivity index (χ0n) is 21.0. The van der Waals surface area contributed by atoms with E-state index in [-0.39, 0.29) is 0 Å². The van der Waals surface area contributed by atoms with Crippen LogP contribution in [0.15, 0.2) is 54.6 Å². The summed E-state index contributed by atoms with van der Waals surface area (Å²) >= 11 is 0. The Kier molecular flexibility index (Phi) is 6.41. The molecule has 4 aromatic rings. The molecule has 7 heteroatoms. The van der Waals surface area contributed by atoms with Gasteiger partial charge in [-0.2, -0.15) is 0 Å². The maximum atomic E-state index is 13.6. The molecular weight excluding hydrogens is 452 g/mol. The van der Waals surface area contributed by atoms with Crippen molar-refractivity contribution >= 4 is 39.4 Å². The van der Waals surface area contributed by atoms with Gasteiger partial charge in [0.15, 0.2) is 6.10 Å². The Bertz CT molecular complexity index is 1480. The Morgan fingerprint density at radius 3 is 2.36 bits per heavy atom. The van der Waals surface area contributed by atoms with Crippen LogP contribution in [0.25, 0.3) is 21.8 Å². The first-order valence-corrected chi connectivity index (χ1v) is 12.3. The molecule has 1 aliphatic heterocycles. The van der Waals surface area contributed by atoms with Gasteiger partial charge in [0.2, 0.25) is 0 Å². The van der Waals surface area contributed by atoms with Crippen LogP contribution < -0.4 is 5.32 Å². The monoisotopic (exact) mass is 482 g/mol. The zero-order valence-corrected chi connectivity index (χ0v) is 21.0. The molecule has 1 amide bonds. The van der Waals surface area contributed by atoms with Gasteiger partial charge in [-0.25, -0.2) is 4.79 Å². The van der Waals surface area contributed by atoms with Crippen LogP contribution in [0, 0.1) is 6.92 Å². The van der Waals surface area contributed by atoms with E-state index in [0.717, 1.165) is 51.7 Å². The van der Waals surface area contributed by atoms with E-state index in [1.54, 1.807) is 6.92 Å². The van der Waals surface area contributed by atoms with E-state index in [9.17, 15) is 9.59 Å². The molecule has 0 radical (unpaired) electrons. The molecule has 1 atom stereocenters. The van der Waals surface area contributed by atoms with E-state index in [0.29, 0.717) is 23.8 Å². The fourth-order valence-corrected chi connectivity index (χ4v) is 4.80. The van der Waals surface area contributed by atoms with Crippen molar-refractivity contribution in [2.24, 2.45) is 0 Å². The van der Waals surface area contributed by atoms with Gasteiger partial charge < -0.3 is 10.1 Å². The first kappa shape index (κ1) is 23.9. The molecular formula is C29H30N4O3. The summed E-state index contributed by atoms with van der Waals surface area (Å²) < 4.78 is 5.77. The average Bonchev–Trinajstić information content (AvgIpc) is 2.86. The highest BCUT2D eigenvalue weighted by molar-refractivity contribution is 6.07. The van der Waals surface area contributed by atoms with Gasteiger partial charge in [-0.05, 0) is 45.9 Å². The van der Waals surface area contributed by atoms with Crippen LogP contribution in [0.1, 0.15) is 48.1 Å². The predicted molar refractivity (Wildman–Crippen MR) is 141 cm³/mol. The van der Waals surface area contributed by atoms with Gasteiger partial charge in [0.1, 0.15) is 0 Å². The third-order valence-electron chi connectivity index (χ3n) is 6.77. The number of nitrogens with one attached hydrogen (secondary N) is 1. The van der Waals surface area contributed by atoms with Gasteiger partial charge in [0, 0.05) is 53.3 Å². The van der Waals surface area contributed by atoms with Gasteiger partial charge in [-0.3, -0.25) is 19.7 Å². The number of para-hydroxylation sites is 2. The lowest BCUT2D eigenvalue weighted by molar-refractivity contribution is -0.123. The fraction of sp³-hybridized carbons (Fsp3) is 0.310. The van der Waals surface area contributed by atoms with Crippen LogP contribution in [0.3, 0.4) is 0 Å². The van der Waals surface area contributed by atoms with Crippen molar-refractivity contribution in [3.8, 4) is 0 Å². The number of fused-ring (bicyclic) bond motifs is 3. The van der Waals surface area contributed by atoms with Crippen molar-refractivity contribution in [1.29, 1.82) is 0 Å². The van der Waals surface area contributed by atoms with E-state index in [1.165, 1.54) is 0 Å². The molecule has 5 rings (SSSR count). The number of esters is 1. The SMILES string of the molecule is Cc1cc(NC(=O)C(C)OC(=O)c2c3c(nc4ccccc24)CCN(C(C)C)C3)c2ccccc2n1. The molecule has 2 aromatic carbocycles. The van der Waals surface area contributed by atoms with Crippen molar-refractivity contribution in [3.63, 3.8) is 0 Å². The zero-order chi connectivity index (χ0) is 25.4. The van der Waals surface area contributed by atoms with Crippen LogP contribution >= 0.6 is 0 Å². The quantitative estimate of drug-likeness (QED) is 0.401. The Balaban J connectivity index is 1.44. The van der Waals surface area contributed by atoms with Crippen LogP contribution in [0.4, 0.5) is 5.69 Å². The number of anilines is 1. The predicted octanol–water partition coefficient (Wildman–Crippen LogP) is 5.04. The molecule has 0 saturated carbocycles. The third-order valence-corrected chi connectivity index (χ3v) is 6.77. The van der Waals surface area contributed by atoms with Crippen LogP contribution in [-0.2, 0) is 22.5 Å². The summed E-state index contributed by atoms with van der Waals surface area (Å²) in [7, 11) is 0. The molecule has 184 valence electrons. The Morgan fingerprint density at radius 1 is 0.972 bits per heavy atom. The number of pyridine rings is 2. The molecule has 1 aliphatic rings. The number of amides is 1. The van der Waals surface area contributed by atoms with Crippen molar-refractivity contribution in [2.75, 3.05) is 11.9 Å². The van der Waals surface area contributed by atoms with Crippen molar-refractivity contribution in [1.82, 2.24) is 14.9 Å². The summed E-state index contributed by atoms with van der Waals surface area (Å²) in [5.74, 6) is -0.899. The van der Waals surface area contributed by atoms with E-state index >= 15 is 0 Å². The van der Waals surface area contributed by atoms with E-state index in [2.05, 4.69) is 29.0 Å². The Hall–Kier alpha value is -3.84. The summed E-state index contributed by atoms with van der Waals surface area (Å²) in [4.78, 5) is 38.4. The van der Waals surface area contributed by atoms with Crippen molar-refractivity contribution in [2.45, 2.75) is 52.8 Å². The number of benzene rings is 2. The molecule has 0 fully saturated rings. The summed E-state index contributed by atoms with van der Waals surface area (Å²) in [6.07, 6.45) is -0.222. The van der Waals surface area contributed by atoms with Crippen LogP contribution in [0.2, 0.25) is 0 Å². The smallest absolute Gasteiger partial charge is 0.339 e. The Morgan fingerprint density at radius 2 is 1.64 bits per heavy atom. The second-order valence-electron chi connectivity index (χ2n) is 9.61. The molecule has 3 heterocycles. The molecule has 1 unspecified atom stereocenters. The number of aryl methyl sites for hydroxylation is 1. The number of hydrogen-bond acceptors (Lipinski definition) is 6. The number of carbonyl (C=O) groups is 2. The number of nitrogens with zero attached hydrogens (tertiary/aromatic N) is 3. The molecule has 1 N–H and O–H groups in total. The van der Waals surface area contributed by atoms with Crippen LogP contribution in [0.5, 0.6) is 0 Å². The van der Waals surface area contributed by atoms with Crippen molar-refractivity contribution < 1.29 is 14.3 Å². The highest BCUT2D eigenvalue weighted by atomic mass is 16.5. The van der Waals surface area contributed by atoms with Gasteiger partial charge in [-0.1, -0.05) is 36.4 Å². The first-order chi connectivity index (χ1) is 17.3. The van der Waals surface area contributed by atoms with E-state index in [4.69, 9.17) is 9.72 Å². The maximum Gasteiger partial charge on any atom is 0.339 e. The van der Waals surface area contributed by atoms with E-state index in [1.807, 2.05) is 61.5 Å². The third kappa shape index (κ3) is 4.54. The summed E-state index contributed by atoms with van der Waals surface area (Å²) in [5, 5.41) is 4.50. The molecule has 36 heavy (non-hydrogen) atoms. The topological polar surface area (TPSA) is 84.4 Å². The molecule has 7 nitrogen and oxygen atoms in total. The summed E-state index contributed by atoms with van der Waals surface area (Å²) in [6.45, 7) is 9.28. The standard InChI is InChI=1S/C29H30N4O3/c1-17(2)33-14-13-25-22(16-33)27(21-10-6-8-12-24(21)31-25)29(35)36-19(4)28(34)32-26-15-18(3)30-23-11-7-5-9-20(23)26/h5-12,15,17,19H,13-14,16H2,1-4H3,(H,30,32,34). The summed E-state index contributed by atoms with van der Waals surface area (Å²) in [6, 6.07) is 17.4. The van der Waals surface area contributed by atoms with Gasteiger partial charge in [-0.15, -0.1) is 0 Å². The number of aromatic nitrogens is 2. The normalized spacial score (nSPS) is 14.6. The van der Waals surface area contributed by atoms with Gasteiger partial charge in [0.25, 0.3) is 5.91 Å². The molecule has 0 aliphatic carbocycles. The molecule has 0 saturated heterocycles. The first-order valence-electron chi connectivity index (χ1n) is 12.3. The molecule has 0 bridgehead atoms. The minimum atomic E-state index is -0.989. The number of hydrogen-bond donors (Lipinski definition) is 1.